The van der Waals surface area contributed by atoms with E-state index < -0.39 is 0 Å². The van der Waals surface area contributed by atoms with Crippen LogP contribution in [0.15, 0.2) is 84.9 Å². The van der Waals surface area contributed by atoms with E-state index in [4.69, 9.17) is 4.74 Å². The van der Waals surface area contributed by atoms with E-state index in [-0.39, 0.29) is 5.91 Å². The van der Waals surface area contributed by atoms with Crippen LogP contribution >= 0.6 is 0 Å². The Morgan fingerprint density at radius 1 is 0.871 bits per heavy atom. The summed E-state index contributed by atoms with van der Waals surface area (Å²) in [4.78, 5) is 12.9. The van der Waals surface area contributed by atoms with Crippen LogP contribution in [0.25, 0.3) is 0 Å². The molecule has 0 aliphatic rings. The first-order valence-electron chi connectivity index (χ1n) is 10.3. The smallest absolute Gasteiger partial charge is 0.259 e. The fourth-order valence-electron chi connectivity index (χ4n) is 3.50. The number of carbonyl (C=O) groups excluding carboxylic acids is 1. The van der Waals surface area contributed by atoms with E-state index in [1.807, 2.05) is 91.3 Å². The van der Waals surface area contributed by atoms with Gasteiger partial charge in [0.25, 0.3) is 5.91 Å². The predicted octanol–water partition coefficient (Wildman–Crippen LogP) is 5.38. The Morgan fingerprint density at radius 2 is 1.48 bits per heavy atom. The maximum Gasteiger partial charge on any atom is 0.259 e. The number of benzene rings is 3. The Balaban J connectivity index is 1.41. The highest BCUT2D eigenvalue weighted by Gasteiger charge is 2.19. The number of nitrogens with zero attached hydrogens (tertiary/aromatic N) is 2. The van der Waals surface area contributed by atoms with Crippen LogP contribution in [0.2, 0.25) is 0 Å². The molecule has 156 valence electrons. The molecule has 0 atom stereocenters. The molecule has 1 heterocycles. The molecule has 0 fully saturated rings. The zero-order valence-electron chi connectivity index (χ0n) is 17.7. The van der Waals surface area contributed by atoms with Crippen LogP contribution in [-0.4, -0.2) is 15.7 Å². The molecular weight excluding hydrogens is 386 g/mol. The van der Waals surface area contributed by atoms with Crippen molar-refractivity contribution in [2.24, 2.45) is 0 Å². The van der Waals surface area contributed by atoms with E-state index in [0.29, 0.717) is 30.1 Å². The summed E-state index contributed by atoms with van der Waals surface area (Å²) in [5.41, 5.74) is 5.15. The van der Waals surface area contributed by atoms with Crippen LogP contribution in [-0.2, 0) is 13.2 Å². The molecule has 0 radical (unpaired) electrons. The highest BCUT2D eigenvalue weighted by atomic mass is 16.5. The van der Waals surface area contributed by atoms with Gasteiger partial charge in [-0.3, -0.25) is 9.48 Å². The molecule has 1 amide bonds. The van der Waals surface area contributed by atoms with E-state index in [2.05, 4.69) is 22.5 Å². The van der Waals surface area contributed by atoms with E-state index in [1.54, 1.807) is 0 Å². The number of aromatic nitrogens is 2. The van der Waals surface area contributed by atoms with Gasteiger partial charge in [-0.1, -0.05) is 60.7 Å². The minimum Gasteiger partial charge on any atom is -0.489 e. The normalized spacial score (nSPS) is 10.6. The van der Waals surface area contributed by atoms with Gasteiger partial charge >= 0.3 is 0 Å². The number of hydrogen-bond donors (Lipinski definition) is 1. The molecule has 5 nitrogen and oxygen atoms in total. The van der Waals surface area contributed by atoms with Crippen LogP contribution in [0.3, 0.4) is 0 Å². The second-order valence-electron chi connectivity index (χ2n) is 7.44. The lowest BCUT2D eigenvalue weighted by Gasteiger charge is -2.09. The molecule has 4 aromatic rings. The Morgan fingerprint density at radius 3 is 2.13 bits per heavy atom. The average molecular weight is 412 g/mol. The largest absolute Gasteiger partial charge is 0.489 e. The summed E-state index contributed by atoms with van der Waals surface area (Å²) >= 11 is 0. The fourth-order valence-corrected chi connectivity index (χ4v) is 3.50. The van der Waals surface area contributed by atoms with Crippen molar-refractivity contribution in [3.63, 3.8) is 0 Å². The Kier molecular flexibility index (Phi) is 6.13. The average Bonchev–Trinajstić information content (AvgIpc) is 3.07. The zero-order chi connectivity index (χ0) is 21.6. The second kappa shape index (κ2) is 9.30. The Labute approximate surface area is 182 Å². The van der Waals surface area contributed by atoms with Crippen molar-refractivity contribution < 1.29 is 9.53 Å². The number of amides is 1. The molecule has 0 aliphatic carbocycles. The van der Waals surface area contributed by atoms with Crippen LogP contribution in [0, 0.1) is 13.8 Å². The number of carbonyl (C=O) groups is 1. The first-order chi connectivity index (χ1) is 15.1. The number of anilines is 1. The van der Waals surface area contributed by atoms with Gasteiger partial charge in [-0.15, -0.1) is 0 Å². The number of rotatable bonds is 7. The monoisotopic (exact) mass is 411 g/mol. The summed E-state index contributed by atoms with van der Waals surface area (Å²) in [7, 11) is 0. The van der Waals surface area contributed by atoms with Crippen LogP contribution in [0.1, 0.15) is 32.9 Å². The summed E-state index contributed by atoms with van der Waals surface area (Å²) < 4.78 is 7.68. The Bertz CT molecular complexity index is 1150. The van der Waals surface area contributed by atoms with E-state index in [1.165, 1.54) is 0 Å². The number of ether oxygens (including phenoxy) is 1. The minimum atomic E-state index is -0.160. The topological polar surface area (TPSA) is 56.2 Å². The van der Waals surface area contributed by atoms with Crippen molar-refractivity contribution in [3.8, 4) is 5.75 Å². The summed E-state index contributed by atoms with van der Waals surface area (Å²) in [5.74, 6) is 0.595. The standard InChI is InChI=1S/C26H25N3O2/c1-19-25(20(2)29(28-19)17-21-9-5-3-6-10-21)26(30)27-23-13-15-24(16-14-23)31-18-22-11-7-4-8-12-22/h3-16H,17-18H2,1-2H3,(H,27,30). The van der Waals surface area contributed by atoms with Crippen molar-refractivity contribution in [2.45, 2.75) is 27.0 Å². The third kappa shape index (κ3) is 5.01. The number of aryl methyl sites for hydroxylation is 1. The van der Waals surface area contributed by atoms with Gasteiger partial charge in [0.1, 0.15) is 12.4 Å². The molecule has 5 heteroatoms. The first-order valence-corrected chi connectivity index (χ1v) is 10.3. The fraction of sp³-hybridized carbons (Fsp3) is 0.154. The van der Waals surface area contributed by atoms with Gasteiger partial charge in [0.2, 0.25) is 0 Å². The van der Waals surface area contributed by atoms with Gasteiger partial charge in [-0.25, -0.2) is 0 Å². The quantitative estimate of drug-likeness (QED) is 0.444. The van der Waals surface area contributed by atoms with Crippen LogP contribution in [0.4, 0.5) is 5.69 Å². The van der Waals surface area contributed by atoms with Crippen molar-refractivity contribution in [3.05, 3.63) is 113 Å². The molecule has 1 N–H and O–H groups in total. The SMILES string of the molecule is Cc1nn(Cc2ccccc2)c(C)c1C(=O)Nc1ccc(OCc2ccccc2)cc1. The third-order valence-corrected chi connectivity index (χ3v) is 5.14. The molecule has 4 rings (SSSR count). The van der Waals surface area contributed by atoms with Crippen LogP contribution in [0.5, 0.6) is 5.75 Å². The number of nitrogens with one attached hydrogen (secondary N) is 1. The first kappa shape index (κ1) is 20.4. The van der Waals surface area contributed by atoms with Crippen LogP contribution < -0.4 is 10.1 Å². The van der Waals surface area contributed by atoms with Crippen molar-refractivity contribution in [1.82, 2.24) is 9.78 Å². The van der Waals surface area contributed by atoms with Gasteiger partial charge in [-0.05, 0) is 49.2 Å². The third-order valence-electron chi connectivity index (χ3n) is 5.14. The summed E-state index contributed by atoms with van der Waals surface area (Å²) in [6.07, 6.45) is 0. The number of hydrogen-bond acceptors (Lipinski definition) is 3. The second-order valence-corrected chi connectivity index (χ2v) is 7.44. The van der Waals surface area contributed by atoms with Gasteiger partial charge in [0.05, 0.1) is 17.8 Å². The molecular formula is C26H25N3O2. The molecule has 1 aromatic heterocycles. The highest BCUT2D eigenvalue weighted by molar-refractivity contribution is 6.05. The molecule has 0 aliphatic heterocycles. The van der Waals surface area contributed by atoms with E-state index in [0.717, 1.165) is 22.6 Å². The molecule has 3 aromatic carbocycles. The van der Waals surface area contributed by atoms with E-state index in [9.17, 15) is 4.79 Å². The van der Waals surface area contributed by atoms with Crippen molar-refractivity contribution in [2.75, 3.05) is 5.32 Å². The maximum absolute atomic E-state index is 12.9. The van der Waals surface area contributed by atoms with Crippen molar-refractivity contribution in [1.29, 1.82) is 0 Å². The summed E-state index contributed by atoms with van der Waals surface area (Å²) in [6, 6.07) is 27.5. The lowest BCUT2D eigenvalue weighted by molar-refractivity contribution is 0.102. The predicted molar refractivity (Wildman–Crippen MR) is 122 cm³/mol. The molecule has 0 bridgehead atoms. The van der Waals surface area contributed by atoms with E-state index >= 15 is 0 Å². The molecule has 0 saturated carbocycles. The zero-order valence-corrected chi connectivity index (χ0v) is 17.7. The maximum atomic E-state index is 12.9. The van der Waals surface area contributed by atoms with Crippen molar-refractivity contribution >= 4 is 11.6 Å². The lowest BCUT2D eigenvalue weighted by Crippen LogP contribution is -2.14. The molecule has 31 heavy (non-hydrogen) atoms. The molecule has 0 unspecified atom stereocenters. The molecule has 0 spiro atoms. The Hall–Kier alpha value is -3.86. The van der Waals surface area contributed by atoms with Gasteiger partial charge in [-0.2, -0.15) is 5.10 Å². The van der Waals surface area contributed by atoms with Gasteiger partial charge in [0, 0.05) is 11.4 Å². The summed E-state index contributed by atoms with van der Waals surface area (Å²) in [5, 5.41) is 7.54. The minimum absolute atomic E-state index is 0.160. The lowest BCUT2D eigenvalue weighted by atomic mass is 10.1. The van der Waals surface area contributed by atoms with Gasteiger partial charge in [0.15, 0.2) is 0 Å². The van der Waals surface area contributed by atoms with Gasteiger partial charge < -0.3 is 10.1 Å². The molecule has 0 saturated heterocycles. The highest BCUT2D eigenvalue weighted by Crippen LogP contribution is 2.20. The summed E-state index contributed by atoms with van der Waals surface area (Å²) in [6.45, 7) is 4.93.